The van der Waals surface area contributed by atoms with Gasteiger partial charge in [0.1, 0.15) is 5.60 Å². The summed E-state index contributed by atoms with van der Waals surface area (Å²) in [5.74, 6) is -0.123. The van der Waals surface area contributed by atoms with Gasteiger partial charge in [-0.15, -0.1) is 0 Å². The number of ketones is 1. The van der Waals surface area contributed by atoms with Gasteiger partial charge in [0.2, 0.25) is 0 Å². The first-order chi connectivity index (χ1) is 10.2. The number of rotatable bonds is 3. The van der Waals surface area contributed by atoms with Crippen molar-refractivity contribution >= 4 is 5.78 Å². The number of aliphatic hydroxyl groups is 1. The molecule has 1 saturated carbocycles. The molecule has 2 aromatic rings. The highest BCUT2D eigenvalue weighted by Crippen LogP contribution is 2.34. The predicted molar refractivity (Wildman–Crippen MR) is 84.2 cm³/mol. The number of hydrogen-bond donors (Lipinski definition) is 1. The van der Waals surface area contributed by atoms with Crippen LogP contribution in [0.2, 0.25) is 0 Å². The van der Waals surface area contributed by atoms with Crippen LogP contribution in [0.4, 0.5) is 0 Å². The van der Waals surface area contributed by atoms with Gasteiger partial charge in [0, 0.05) is 5.56 Å². The fraction of sp³-hybridized carbons (Fsp3) is 0.316. The molecule has 0 aliphatic heterocycles. The van der Waals surface area contributed by atoms with E-state index in [9.17, 15) is 9.90 Å². The summed E-state index contributed by atoms with van der Waals surface area (Å²) in [4.78, 5) is 12.9. The van der Waals surface area contributed by atoms with Crippen LogP contribution in [-0.4, -0.2) is 16.5 Å². The summed E-state index contributed by atoms with van der Waals surface area (Å²) in [7, 11) is 0. The molecule has 1 N–H and O–H groups in total. The molecule has 0 bridgehead atoms. The number of benzene rings is 2. The lowest BCUT2D eigenvalue weighted by Crippen LogP contribution is -2.40. The van der Waals surface area contributed by atoms with E-state index in [0.717, 1.165) is 30.4 Å². The van der Waals surface area contributed by atoms with E-state index in [1.807, 2.05) is 54.6 Å². The van der Waals surface area contributed by atoms with E-state index >= 15 is 0 Å². The minimum atomic E-state index is -1.18. The predicted octanol–water partition coefficient (Wildman–Crippen LogP) is 4.23. The molecule has 0 saturated heterocycles. The molecule has 0 unspecified atom stereocenters. The lowest BCUT2D eigenvalue weighted by Gasteiger charge is -2.31. The Hall–Kier alpha value is -1.93. The van der Waals surface area contributed by atoms with Crippen LogP contribution >= 0.6 is 0 Å². The summed E-state index contributed by atoms with van der Waals surface area (Å²) >= 11 is 0. The molecule has 108 valence electrons. The van der Waals surface area contributed by atoms with Crippen LogP contribution in [0, 0.1) is 0 Å². The Morgan fingerprint density at radius 1 is 0.857 bits per heavy atom. The van der Waals surface area contributed by atoms with Crippen molar-refractivity contribution in [3.8, 4) is 11.1 Å². The van der Waals surface area contributed by atoms with E-state index in [1.54, 1.807) is 0 Å². The summed E-state index contributed by atoms with van der Waals surface area (Å²) in [5, 5.41) is 10.7. The second-order valence-corrected chi connectivity index (χ2v) is 5.83. The van der Waals surface area contributed by atoms with Crippen molar-refractivity contribution in [2.75, 3.05) is 0 Å². The molecule has 0 amide bonds. The quantitative estimate of drug-likeness (QED) is 0.854. The van der Waals surface area contributed by atoms with Crippen molar-refractivity contribution in [1.82, 2.24) is 0 Å². The molecule has 0 aromatic heterocycles. The van der Waals surface area contributed by atoms with Gasteiger partial charge in [-0.3, -0.25) is 4.79 Å². The van der Waals surface area contributed by atoms with Crippen LogP contribution < -0.4 is 0 Å². The molecule has 0 heterocycles. The maximum absolute atomic E-state index is 12.9. The second-order valence-electron chi connectivity index (χ2n) is 5.83. The molecule has 1 aliphatic carbocycles. The average molecular weight is 280 g/mol. The van der Waals surface area contributed by atoms with Gasteiger partial charge >= 0.3 is 0 Å². The third-order valence-electron chi connectivity index (χ3n) is 4.36. The highest BCUT2D eigenvalue weighted by Gasteiger charge is 2.38. The van der Waals surface area contributed by atoms with Crippen LogP contribution in [0.5, 0.6) is 0 Å². The van der Waals surface area contributed by atoms with Gasteiger partial charge in [0.25, 0.3) is 0 Å². The van der Waals surface area contributed by atoms with E-state index in [0.29, 0.717) is 18.4 Å². The van der Waals surface area contributed by atoms with Gasteiger partial charge in [-0.1, -0.05) is 73.9 Å². The van der Waals surface area contributed by atoms with E-state index < -0.39 is 5.60 Å². The molecule has 0 atom stereocenters. The molecule has 1 fully saturated rings. The standard InChI is InChI=1S/C19H20O2/c20-18(19(21)13-7-2-8-14-19)17-12-6-5-11-16(17)15-9-3-1-4-10-15/h1,3-6,9-12,21H,2,7-8,13-14H2. The first kappa shape index (κ1) is 14.0. The third kappa shape index (κ3) is 2.77. The second kappa shape index (κ2) is 5.82. The minimum Gasteiger partial charge on any atom is -0.382 e. The van der Waals surface area contributed by atoms with Gasteiger partial charge in [-0.2, -0.15) is 0 Å². The molecule has 21 heavy (non-hydrogen) atoms. The Morgan fingerprint density at radius 3 is 2.19 bits per heavy atom. The topological polar surface area (TPSA) is 37.3 Å². The normalized spacial score (nSPS) is 17.4. The van der Waals surface area contributed by atoms with Crippen LogP contribution in [-0.2, 0) is 0 Å². The average Bonchev–Trinajstić information content (AvgIpc) is 2.56. The van der Waals surface area contributed by atoms with E-state index in [4.69, 9.17) is 0 Å². The van der Waals surface area contributed by atoms with Crippen molar-refractivity contribution in [3.05, 3.63) is 60.2 Å². The molecule has 1 aliphatic rings. The molecule has 0 radical (unpaired) electrons. The smallest absolute Gasteiger partial charge is 0.194 e. The van der Waals surface area contributed by atoms with E-state index in [2.05, 4.69) is 0 Å². The van der Waals surface area contributed by atoms with Crippen molar-refractivity contribution < 1.29 is 9.90 Å². The van der Waals surface area contributed by atoms with Gasteiger partial charge in [-0.25, -0.2) is 0 Å². The maximum Gasteiger partial charge on any atom is 0.194 e. The summed E-state index contributed by atoms with van der Waals surface area (Å²) in [5.41, 5.74) is 1.37. The first-order valence-electron chi connectivity index (χ1n) is 7.62. The molecule has 2 aromatic carbocycles. The first-order valence-corrected chi connectivity index (χ1v) is 7.62. The van der Waals surface area contributed by atoms with Crippen LogP contribution in [0.3, 0.4) is 0 Å². The van der Waals surface area contributed by atoms with E-state index in [-0.39, 0.29) is 5.78 Å². The summed E-state index contributed by atoms with van der Waals surface area (Å²) in [6.07, 6.45) is 4.12. The SMILES string of the molecule is O=C(c1ccccc1-c1ccccc1)C1(O)CCCCC1. The Balaban J connectivity index is 2.01. The van der Waals surface area contributed by atoms with Crippen molar-refractivity contribution in [3.63, 3.8) is 0 Å². The van der Waals surface area contributed by atoms with Crippen molar-refractivity contribution in [1.29, 1.82) is 0 Å². The zero-order valence-electron chi connectivity index (χ0n) is 12.1. The molecular weight excluding hydrogens is 260 g/mol. The van der Waals surface area contributed by atoms with Gasteiger partial charge in [-0.05, 0) is 24.0 Å². The molecule has 3 rings (SSSR count). The Bertz CT molecular complexity index is 625. The maximum atomic E-state index is 12.9. The minimum absolute atomic E-state index is 0.123. The zero-order chi connectivity index (χ0) is 14.7. The van der Waals surface area contributed by atoms with E-state index in [1.165, 1.54) is 0 Å². The summed E-state index contributed by atoms with van der Waals surface area (Å²) in [6.45, 7) is 0. The summed E-state index contributed by atoms with van der Waals surface area (Å²) < 4.78 is 0. The molecule has 2 heteroatoms. The van der Waals surface area contributed by atoms with Gasteiger partial charge < -0.3 is 5.11 Å². The third-order valence-corrected chi connectivity index (χ3v) is 4.36. The fourth-order valence-electron chi connectivity index (χ4n) is 3.16. The van der Waals surface area contributed by atoms with Gasteiger partial charge in [0.15, 0.2) is 5.78 Å². The lowest BCUT2D eigenvalue weighted by molar-refractivity contribution is 0.0117. The largest absolute Gasteiger partial charge is 0.382 e. The highest BCUT2D eigenvalue weighted by atomic mass is 16.3. The number of Topliss-reactive ketones (excluding diaryl/α,β-unsaturated/α-hetero) is 1. The fourth-order valence-corrected chi connectivity index (χ4v) is 3.16. The van der Waals surface area contributed by atoms with Crippen LogP contribution in [0.15, 0.2) is 54.6 Å². The van der Waals surface area contributed by atoms with Crippen LogP contribution in [0.1, 0.15) is 42.5 Å². The zero-order valence-corrected chi connectivity index (χ0v) is 12.1. The Labute approximate surface area is 125 Å². The lowest BCUT2D eigenvalue weighted by atomic mass is 9.78. The molecular formula is C19H20O2. The van der Waals surface area contributed by atoms with Crippen molar-refractivity contribution in [2.24, 2.45) is 0 Å². The summed E-state index contributed by atoms with van der Waals surface area (Å²) in [6, 6.07) is 17.5. The monoisotopic (exact) mass is 280 g/mol. The highest BCUT2D eigenvalue weighted by molar-refractivity contribution is 6.07. The van der Waals surface area contributed by atoms with Crippen molar-refractivity contribution in [2.45, 2.75) is 37.7 Å². The number of carbonyl (C=O) groups excluding carboxylic acids is 1. The molecule has 2 nitrogen and oxygen atoms in total. The number of carbonyl (C=O) groups is 1. The Morgan fingerprint density at radius 2 is 1.48 bits per heavy atom. The number of hydrogen-bond acceptors (Lipinski definition) is 2. The Kier molecular flexibility index (Phi) is 3.89. The molecule has 0 spiro atoms. The van der Waals surface area contributed by atoms with Gasteiger partial charge in [0.05, 0.1) is 0 Å². The van der Waals surface area contributed by atoms with Crippen LogP contribution in [0.25, 0.3) is 11.1 Å².